The smallest absolute Gasteiger partial charge is 0.303 e. The van der Waals surface area contributed by atoms with Crippen molar-refractivity contribution >= 4 is 5.97 Å². The molecule has 1 heterocycles. The molecule has 3 nitrogen and oxygen atoms in total. The summed E-state index contributed by atoms with van der Waals surface area (Å²) in [5.74, 6) is -3.38. The molecule has 5 heteroatoms. The third kappa shape index (κ3) is 4.11. The normalized spacial score (nSPS) is 22.9. The number of hydrogen-bond donors (Lipinski definition) is 1. The first kappa shape index (κ1) is 12.4. The van der Waals surface area contributed by atoms with Gasteiger partial charge < -0.3 is 5.11 Å². The van der Waals surface area contributed by atoms with Crippen molar-refractivity contribution in [2.24, 2.45) is 0 Å². The van der Waals surface area contributed by atoms with E-state index in [2.05, 4.69) is 0 Å². The second-order valence-corrected chi connectivity index (χ2v) is 4.21. The maximum Gasteiger partial charge on any atom is 0.303 e. The lowest BCUT2D eigenvalue weighted by atomic mass is 10.1. The molecule has 1 fully saturated rings. The van der Waals surface area contributed by atoms with Gasteiger partial charge in [-0.15, -0.1) is 0 Å². The number of halogens is 2. The van der Waals surface area contributed by atoms with Gasteiger partial charge in [-0.3, -0.25) is 9.69 Å². The summed E-state index contributed by atoms with van der Waals surface area (Å²) >= 11 is 0. The van der Waals surface area contributed by atoms with Crippen LogP contribution in [0.5, 0.6) is 0 Å². The minimum absolute atomic E-state index is 0.0534. The molecular weight excluding hydrogens is 204 g/mol. The number of carboxylic acids is 1. The molecule has 15 heavy (non-hydrogen) atoms. The summed E-state index contributed by atoms with van der Waals surface area (Å²) in [5.41, 5.74) is 0. The van der Waals surface area contributed by atoms with Gasteiger partial charge in [-0.2, -0.15) is 0 Å². The number of alkyl halides is 2. The van der Waals surface area contributed by atoms with E-state index in [0.717, 1.165) is 0 Å². The third-order valence-electron chi connectivity index (χ3n) is 2.84. The largest absolute Gasteiger partial charge is 0.481 e. The van der Waals surface area contributed by atoms with E-state index in [-0.39, 0.29) is 25.4 Å². The molecule has 0 radical (unpaired) electrons. The Morgan fingerprint density at radius 3 is 2.73 bits per heavy atom. The Morgan fingerprint density at radius 2 is 2.27 bits per heavy atom. The van der Waals surface area contributed by atoms with Gasteiger partial charge in [-0.25, -0.2) is 8.78 Å². The van der Waals surface area contributed by atoms with Crippen LogP contribution < -0.4 is 0 Å². The molecule has 1 saturated heterocycles. The molecule has 88 valence electrons. The Hall–Kier alpha value is -0.710. The highest BCUT2D eigenvalue weighted by Gasteiger charge is 2.39. The lowest BCUT2D eigenvalue weighted by molar-refractivity contribution is -0.137. The van der Waals surface area contributed by atoms with E-state index in [1.807, 2.05) is 6.92 Å². The number of likely N-dealkylation sites (tertiary alicyclic amines) is 1. The minimum Gasteiger partial charge on any atom is -0.481 e. The van der Waals surface area contributed by atoms with Crippen molar-refractivity contribution in [2.75, 3.05) is 13.1 Å². The molecule has 1 rings (SSSR count). The molecule has 0 spiro atoms. The topological polar surface area (TPSA) is 40.5 Å². The highest BCUT2D eigenvalue weighted by molar-refractivity contribution is 5.66. The summed E-state index contributed by atoms with van der Waals surface area (Å²) in [4.78, 5) is 12.0. The van der Waals surface area contributed by atoms with Crippen molar-refractivity contribution in [3.05, 3.63) is 0 Å². The van der Waals surface area contributed by atoms with Gasteiger partial charge in [0.1, 0.15) is 0 Å². The van der Waals surface area contributed by atoms with Gasteiger partial charge in [-0.1, -0.05) is 0 Å². The zero-order chi connectivity index (χ0) is 11.5. The van der Waals surface area contributed by atoms with Gasteiger partial charge in [0.05, 0.1) is 6.54 Å². The SMILES string of the molecule is CC(CCCC(=O)O)N1CCC(F)(F)C1. The van der Waals surface area contributed by atoms with Crippen LogP contribution in [0.25, 0.3) is 0 Å². The van der Waals surface area contributed by atoms with E-state index >= 15 is 0 Å². The van der Waals surface area contributed by atoms with E-state index in [0.29, 0.717) is 19.4 Å². The van der Waals surface area contributed by atoms with Gasteiger partial charge in [0.25, 0.3) is 5.92 Å². The number of hydrogen-bond acceptors (Lipinski definition) is 2. The Bertz CT molecular complexity index is 233. The van der Waals surface area contributed by atoms with Gasteiger partial charge in [-0.05, 0) is 19.8 Å². The number of carbonyl (C=O) groups is 1. The van der Waals surface area contributed by atoms with Crippen LogP contribution in [0.3, 0.4) is 0 Å². The van der Waals surface area contributed by atoms with Crippen LogP contribution in [0.2, 0.25) is 0 Å². The molecule has 0 aromatic heterocycles. The van der Waals surface area contributed by atoms with Crippen molar-refractivity contribution < 1.29 is 18.7 Å². The maximum absolute atomic E-state index is 12.9. The molecule has 0 saturated carbocycles. The van der Waals surface area contributed by atoms with Gasteiger partial charge >= 0.3 is 5.97 Å². The molecule has 1 aliphatic rings. The van der Waals surface area contributed by atoms with E-state index in [4.69, 9.17) is 5.11 Å². The lowest BCUT2D eigenvalue weighted by Crippen LogP contribution is -2.33. The number of nitrogens with zero attached hydrogens (tertiary/aromatic N) is 1. The monoisotopic (exact) mass is 221 g/mol. The molecular formula is C10H17F2NO2. The van der Waals surface area contributed by atoms with Gasteiger partial charge in [0.15, 0.2) is 0 Å². The lowest BCUT2D eigenvalue weighted by Gasteiger charge is -2.23. The Labute approximate surface area is 88.1 Å². The van der Waals surface area contributed by atoms with Crippen LogP contribution in [-0.4, -0.2) is 41.0 Å². The van der Waals surface area contributed by atoms with Crippen LogP contribution in [0.4, 0.5) is 8.78 Å². The first-order chi connectivity index (χ1) is 6.91. The summed E-state index contributed by atoms with van der Waals surface area (Å²) in [7, 11) is 0. The maximum atomic E-state index is 12.9. The standard InChI is InChI=1S/C10H17F2NO2/c1-8(3-2-4-9(14)15)13-6-5-10(11,12)7-13/h8H,2-7H2,1H3,(H,14,15). The zero-order valence-electron chi connectivity index (χ0n) is 8.88. The number of carboxylic acid groups (broad SMARTS) is 1. The van der Waals surface area contributed by atoms with Crippen molar-refractivity contribution in [1.82, 2.24) is 4.90 Å². The van der Waals surface area contributed by atoms with Crippen molar-refractivity contribution in [3.63, 3.8) is 0 Å². The Kier molecular flexibility index (Phi) is 4.02. The molecule has 0 aromatic rings. The summed E-state index contributed by atoms with van der Waals surface area (Å²) < 4.78 is 25.7. The average molecular weight is 221 g/mol. The van der Waals surface area contributed by atoms with Crippen LogP contribution in [-0.2, 0) is 4.79 Å². The molecule has 0 bridgehead atoms. The van der Waals surface area contributed by atoms with Gasteiger partial charge in [0.2, 0.25) is 0 Å². The Balaban J connectivity index is 2.23. The number of rotatable bonds is 5. The quantitative estimate of drug-likeness (QED) is 0.771. The molecule has 1 atom stereocenters. The van der Waals surface area contributed by atoms with Crippen molar-refractivity contribution in [3.8, 4) is 0 Å². The molecule has 0 amide bonds. The highest BCUT2D eigenvalue weighted by Crippen LogP contribution is 2.29. The van der Waals surface area contributed by atoms with Crippen LogP contribution in [0, 0.1) is 0 Å². The van der Waals surface area contributed by atoms with Crippen LogP contribution in [0.1, 0.15) is 32.6 Å². The minimum atomic E-state index is -2.55. The predicted molar refractivity (Wildman–Crippen MR) is 52.1 cm³/mol. The predicted octanol–water partition coefficient (Wildman–Crippen LogP) is 1.97. The van der Waals surface area contributed by atoms with E-state index < -0.39 is 11.9 Å². The number of aliphatic carboxylic acids is 1. The average Bonchev–Trinajstić information content (AvgIpc) is 2.45. The van der Waals surface area contributed by atoms with Crippen molar-refractivity contribution in [1.29, 1.82) is 0 Å². The van der Waals surface area contributed by atoms with Crippen molar-refractivity contribution in [2.45, 2.75) is 44.6 Å². The summed E-state index contributed by atoms with van der Waals surface area (Å²) in [6.45, 7) is 2.12. The zero-order valence-corrected chi connectivity index (χ0v) is 8.88. The molecule has 1 unspecified atom stereocenters. The van der Waals surface area contributed by atoms with Gasteiger partial charge in [0, 0.05) is 25.4 Å². The van der Waals surface area contributed by atoms with Crippen LogP contribution >= 0.6 is 0 Å². The fourth-order valence-corrected chi connectivity index (χ4v) is 1.87. The second-order valence-electron chi connectivity index (χ2n) is 4.21. The third-order valence-corrected chi connectivity index (χ3v) is 2.84. The first-order valence-electron chi connectivity index (χ1n) is 5.24. The summed E-state index contributed by atoms with van der Waals surface area (Å²) in [5, 5.41) is 8.44. The molecule has 1 aliphatic heterocycles. The summed E-state index contributed by atoms with van der Waals surface area (Å²) in [6, 6.07) is 0.0534. The van der Waals surface area contributed by atoms with E-state index in [9.17, 15) is 13.6 Å². The van der Waals surface area contributed by atoms with E-state index in [1.54, 1.807) is 4.90 Å². The molecule has 0 aliphatic carbocycles. The Morgan fingerprint density at radius 1 is 1.60 bits per heavy atom. The first-order valence-corrected chi connectivity index (χ1v) is 5.24. The second kappa shape index (κ2) is 4.88. The fourth-order valence-electron chi connectivity index (χ4n) is 1.87. The molecule has 1 N–H and O–H groups in total. The summed E-state index contributed by atoms with van der Waals surface area (Å²) in [6.07, 6.45) is 1.27. The highest BCUT2D eigenvalue weighted by atomic mass is 19.3. The molecule has 0 aromatic carbocycles. The fraction of sp³-hybridized carbons (Fsp3) is 0.900. The van der Waals surface area contributed by atoms with Crippen LogP contribution in [0.15, 0.2) is 0 Å². The van der Waals surface area contributed by atoms with E-state index in [1.165, 1.54) is 0 Å².